The predicted octanol–water partition coefficient (Wildman–Crippen LogP) is 2.62. The Balaban J connectivity index is 1.62. The van der Waals surface area contributed by atoms with Gasteiger partial charge in [0.15, 0.2) is 0 Å². The summed E-state index contributed by atoms with van der Waals surface area (Å²) in [5, 5.41) is 8.15. The third-order valence-electron chi connectivity index (χ3n) is 3.92. The van der Waals surface area contributed by atoms with Gasteiger partial charge in [0.2, 0.25) is 5.91 Å². The highest BCUT2D eigenvalue weighted by molar-refractivity contribution is 6.05. The Morgan fingerprint density at radius 1 is 0.828 bits per heavy atom. The second-order valence-corrected chi connectivity index (χ2v) is 6.18. The maximum absolute atomic E-state index is 12.5. The highest BCUT2D eigenvalue weighted by Gasteiger charge is 2.12. The molecule has 0 aliphatic heterocycles. The highest BCUT2D eigenvalue weighted by Crippen LogP contribution is 2.15. The van der Waals surface area contributed by atoms with Crippen LogP contribution in [-0.4, -0.2) is 27.7 Å². The molecule has 0 fully saturated rings. The van der Waals surface area contributed by atoms with Crippen LogP contribution >= 0.6 is 0 Å². The van der Waals surface area contributed by atoms with Crippen molar-refractivity contribution in [2.75, 3.05) is 10.6 Å². The van der Waals surface area contributed by atoms with E-state index in [4.69, 9.17) is 0 Å². The Morgan fingerprint density at radius 3 is 2.14 bits per heavy atom. The van der Waals surface area contributed by atoms with Gasteiger partial charge >= 0.3 is 0 Å². The number of carbonyl (C=O) groups is 3. The van der Waals surface area contributed by atoms with Crippen molar-refractivity contribution >= 4 is 29.1 Å². The molecule has 0 radical (unpaired) electrons. The molecule has 1 aromatic carbocycles. The van der Waals surface area contributed by atoms with Crippen LogP contribution in [0.4, 0.5) is 11.4 Å². The van der Waals surface area contributed by atoms with Crippen LogP contribution in [-0.2, 0) is 11.3 Å². The van der Waals surface area contributed by atoms with E-state index in [1.54, 1.807) is 48.8 Å². The van der Waals surface area contributed by atoms with Crippen molar-refractivity contribution in [3.63, 3.8) is 0 Å². The van der Waals surface area contributed by atoms with E-state index in [1.807, 2.05) is 0 Å². The van der Waals surface area contributed by atoms with Crippen LogP contribution in [0, 0.1) is 0 Å². The fourth-order valence-electron chi connectivity index (χ4n) is 2.51. The summed E-state index contributed by atoms with van der Waals surface area (Å²) >= 11 is 0. The summed E-state index contributed by atoms with van der Waals surface area (Å²) in [7, 11) is 0. The first-order valence-corrected chi connectivity index (χ1v) is 8.83. The number of anilines is 2. The van der Waals surface area contributed by atoms with E-state index in [0.29, 0.717) is 23.5 Å². The lowest BCUT2D eigenvalue weighted by Crippen LogP contribution is -2.24. The highest BCUT2D eigenvalue weighted by atomic mass is 16.2. The summed E-state index contributed by atoms with van der Waals surface area (Å²) < 4.78 is 0. The maximum atomic E-state index is 12.5. The minimum Gasteiger partial charge on any atom is -0.347 e. The lowest BCUT2D eigenvalue weighted by molar-refractivity contribution is -0.114. The molecule has 0 spiro atoms. The number of benzene rings is 1. The van der Waals surface area contributed by atoms with Gasteiger partial charge in [-0.05, 0) is 54.1 Å². The number of carbonyl (C=O) groups excluding carboxylic acids is 3. The van der Waals surface area contributed by atoms with Gasteiger partial charge in [0.25, 0.3) is 11.8 Å². The van der Waals surface area contributed by atoms with Gasteiger partial charge in [-0.3, -0.25) is 24.4 Å². The molecule has 3 rings (SSSR count). The summed E-state index contributed by atoms with van der Waals surface area (Å²) in [6.07, 6.45) is 4.71. The standard InChI is InChI=1S/C21H19N5O3/c1-14(27)25-17-2-4-18(5-3-17)26-20(28)16-8-11-23-19(12-16)21(29)24-13-15-6-9-22-10-7-15/h2-12H,13H2,1H3,(H,24,29)(H,25,27)(H,26,28). The van der Waals surface area contributed by atoms with Gasteiger partial charge in [0.1, 0.15) is 5.69 Å². The monoisotopic (exact) mass is 389 g/mol. The van der Waals surface area contributed by atoms with E-state index in [9.17, 15) is 14.4 Å². The van der Waals surface area contributed by atoms with Crippen molar-refractivity contribution in [1.29, 1.82) is 0 Å². The molecule has 3 N–H and O–H groups in total. The molecule has 0 saturated heterocycles. The normalized spacial score (nSPS) is 10.1. The predicted molar refractivity (Wildman–Crippen MR) is 108 cm³/mol. The smallest absolute Gasteiger partial charge is 0.270 e. The van der Waals surface area contributed by atoms with Crippen LogP contribution in [0.5, 0.6) is 0 Å². The van der Waals surface area contributed by atoms with Crippen molar-refractivity contribution in [1.82, 2.24) is 15.3 Å². The first-order valence-electron chi connectivity index (χ1n) is 8.83. The van der Waals surface area contributed by atoms with E-state index in [1.165, 1.54) is 25.3 Å². The van der Waals surface area contributed by atoms with Gasteiger partial charge in [-0.25, -0.2) is 0 Å². The van der Waals surface area contributed by atoms with E-state index in [-0.39, 0.29) is 23.4 Å². The summed E-state index contributed by atoms with van der Waals surface area (Å²) in [5.74, 6) is -0.924. The molecule has 8 heteroatoms. The number of hydrogen-bond acceptors (Lipinski definition) is 5. The van der Waals surface area contributed by atoms with E-state index >= 15 is 0 Å². The van der Waals surface area contributed by atoms with Crippen LogP contribution in [0.25, 0.3) is 0 Å². The molecule has 29 heavy (non-hydrogen) atoms. The number of rotatable bonds is 6. The molecule has 0 unspecified atom stereocenters. The molecule has 0 atom stereocenters. The molecule has 0 aliphatic rings. The Hall–Kier alpha value is -4.07. The minimum atomic E-state index is -0.379. The van der Waals surface area contributed by atoms with Crippen LogP contribution in [0.2, 0.25) is 0 Å². The van der Waals surface area contributed by atoms with Crippen molar-refractivity contribution in [2.45, 2.75) is 13.5 Å². The second kappa shape index (κ2) is 9.23. The zero-order chi connectivity index (χ0) is 20.6. The molecule has 0 bridgehead atoms. The van der Waals surface area contributed by atoms with Crippen LogP contribution < -0.4 is 16.0 Å². The zero-order valence-corrected chi connectivity index (χ0v) is 15.7. The lowest BCUT2D eigenvalue weighted by Gasteiger charge is -2.08. The van der Waals surface area contributed by atoms with Crippen LogP contribution in [0.3, 0.4) is 0 Å². The molecule has 146 valence electrons. The van der Waals surface area contributed by atoms with Crippen molar-refractivity contribution in [3.8, 4) is 0 Å². The number of nitrogens with zero attached hydrogens (tertiary/aromatic N) is 2. The number of amides is 3. The number of hydrogen-bond donors (Lipinski definition) is 3. The van der Waals surface area contributed by atoms with E-state index < -0.39 is 0 Å². The number of aromatic nitrogens is 2. The van der Waals surface area contributed by atoms with Gasteiger partial charge in [-0.2, -0.15) is 0 Å². The van der Waals surface area contributed by atoms with Gasteiger partial charge in [-0.1, -0.05) is 0 Å². The molecular weight excluding hydrogens is 370 g/mol. The minimum absolute atomic E-state index is 0.146. The molecule has 3 amide bonds. The van der Waals surface area contributed by atoms with Crippen molar-refractivity contribution in [3.05, 3.63) is 83.9 Å². The largest absolute Gasteiger partial charge is 0.347 e. The first-order chi connectivity index (χ1) is 14.0. The van der Waals surface area contributed by atoms with Crippen molar-refractivity contribution in [2.24, 2.45) is 0 Å². The lowest BCUT2D eigenvalue weighted by atomic mass is 10.2. The number of pyridine rings is 2. The zero-order valence-electron chi connectivity index (χ0n) is 15.7. The van der Waals surface area contributed by atoms with Crippen LogP contribution in [0.15, 0.2) is 67.1 Å². The molecule has 0 aliphatic carbocycles. The topological polar surface area (TPSA) is 113 Å². The van der Waals surface area contributed by atoms with Crippen LogP contribution in [0.1, 0.15) is 33.3 Å². The molecule has 2 aromatic heterocycles. The summed E-state index contributed by atoms with van der Waals surface area (Å²) in [5.41, 5.74) is 2.55. The third-order valence-corrected chi connectivity index (χ3v) is 3.92. The fraction of sp³-hybridized carbons (Fsp3) is 0.0952. The molecule has 8 nitrogen and oxygen atoms in total. The van der Waals surface area contributed by atoms with Crippen molar-refractivity contribution < 1.29 is 14.4 Å². The SMILES string of the molecule is CC(=O)Nc1ccc(NC(=O)c2ccnc(C(=O)NCc3ccncc3)c2)cc1. The van der Waals surface area contributed by atoms with Gasteiger partial charge in [0, 0.05) is 49.0 Å². The molecule has 2 heterocycles. The second-order valence-electron chi connectivity index (χ2n) is 6.18. The summed E-state index contributed by atoms with van der Waals surface area (Å²) in [6.45, 7) is 1.75. The summed E-state index contributed by atoms with van der Waals surface area (Å²) in [4.78, 5) is 43.8. The van der Waals surface area contributed by atoms with Gasteiger partial charge < -0.3 is 16.0 Å². The first kappa shape index (κ1) is 19.7. The van der Waals surface area contributed by atoms with Gasteiger partial charge in [0.05, 0.1) is 0 Å². The average molecular weight is 389 g/mol. The number of nitrogens with one attached hydrogen (secondary N) is 3. The van der Waals surface area contributed by atoms with Gasteiger partial charge in [-0.15, -0.1) is 0 Å². The third kappa shape index (κ3) is 5.70. The summed E-state index contributed by atoms with van der Waals surface area (Å²) in [6, 6.07) is 13.3. The Morgan fingerprint density at radius 2 is 1.48 bits per heavy atom. The van der Waals surface area contributed by atoms with E-state index in [0.717, 1.165) is 5.56 Å². The fourth-order valence-corrected chi connectivity index (χ4v) is 2.51. The Kier molecular flexibility index (Phi) is 6.26. The van der Waals surface area contributed by atoms with E-state index in [2.05, 4.69) is 25.9 Å². The Labute approximate surface area is 167 Å². The molecular formula is C21H19N5O3. The molecule has 0 saturated carbocycles. The quantitative estimate of drug-likeness (QED) is 0.600. The Bertz CT molecular complexity index is 1020. The maximum Gasteiger partial charge on any atom is 0.270 e. The molecule has 3 aromatic rings. The average Bonchev–Trinajstić information content (AvgIpc) is 2.74.